The molecule has 2 rings (SSSR count). The lowest BCUT2D eigenvalue weighted by atomic mass is 10.1. The highest BCUT2D eigenvalue weighted by atomic mass is 19.2. The van der Waals surface area contributed by atoms with E-state index in [0.29, 0.717) is 6.07 Å². The first-order chi connectivity index (χ1) is 10.8. The predicted octanol–water partition coefficient (Wildman–Crippen LogP) is 3.27. The fourth-order valence-electron chi connectivity index (χ4n) is 1.80. The van der Waals surface area contributed by atoms with Gasteiger partial charge in [0, 0.05) is 6.07 Å². The fraction of sp³-hybridized carbons (Fsp3) is 0.0714. The summed E-state index contributed by atoms with van der Waals surface area (Å²) >= 11 is 0. The summed E-state index contributed by atoms with van der Waals surface area (Å²) in [4.78, 5) is 22.2. The SMILES string of the molecule is COc1ccc([N+](=O)[O-])c(C(=O)Nc2ccc(F)c(F)c2F)c1. The van der Waals surface area contributed by atoms with Gasteiger partial charge in [0.2, 0.25) is 0 Å². The van der Waals surface area contributed by atoms with E-state index in [1.54, 1.807) is 0 Å². The molecule has 1 amide bonds. The number of amides is 1. The third kappa shape index (κ3) is 3.23. The molecule has 0 aliphatic heterocycles. The van der Waals surface area contributed by atoms with Crippen LogP contribution in [0.2, 0.25) is 0 Å². The molecular weight excluding hydrogens is 317 g/mol. The zero-order valence-electron chi connectivity index (χ0n) is 11.6. The number of carbonyl (C=O) groups excluding carboxylic acids is 1. The van der Waals surface area contributed by atoms with Crippen molar-refractivity contribution in [2.75, 3.05) is 12.4 Å². The molecule has 9 heteroatoms. The minimum Gasteiger partial charge on any atom is -0.497 e. The maximum Gasteiger partial charge on any atom is 0.282 e. The van der Waals surface area contributed by atoms with E-state index in [0.717, 1.165) is 18.2 Å². The molecule has 0 saturated carbocycles. The van der Waals surface area contributed by atoms with E-state index in [1.807, 2.05) is 5.32 Å². The third-order valence-electron chi connectivity index (χ3n) is 2.93. The van der Waals surface area contributed by atoms with Gasteiger partial charge >= 0.3 is 0 Å². The van der Waals surface area contributed by atoms with Crippen LogP contribution in [-0.4, -0.2) is 17.9 Å². The van der Waals surface area contributed by atoms with Gasteiger partial charge in [-0.2, -0.15) is 0 Å². The summed E-state index contributed by atoms with van der Waals surface area (Å²) in [5.74, 6) is -5.70. The largest absolute Gasteiger partial charge is 0.497 e. The van der Waals surface area contributed by atoms with Crippen molar-refractivity contribution in [1.82, 2.24) is 0 Å². The van der Waals surface area contributed by atoms with Crippen molar-refractivity contribution < 1.29 is 27.6 Å². The van der Waals surface area contributed by atoms with E-state index in [9.17, 15) is 28.1 Å². The van der Waals surface area contributed by atoms with Crippen molar-refractivity contribution in [3.63, 3.8) is 0 Å². The molecule has 0 heterocycles. The maximum atomic E-state index is 13.6. The minimum absolute atomic E-state index is 0.159. The monoisotopic (exact) mass is 326 g/mol. The Hall–Kier alpha value is -3.10. The molecule has 2 aromatic carbocycles. The lowest BCUT2D eigenvalue weighted by Gasteiger charge is -2.09. The van der Waals surface area contributed by atoms with Gasteiger partial charge in [0.25, 0.3) is 11.6 Å². The van der Waals surface area contributed by atoms with Crippen LogP contribution in [0.5, 0.6) is 5.75 Å². The van der Waals surface area contributed by atoms with Gasteiger partial charge in [-0.15, -0.1) is 0 Å². The topological polar surface area (TPSA) is 81.5 Å². The molecule has 6 nitrogen and oxygen atoms in total. The Balaban J connectivity index is 2.41. The van der Waals surface area contributed by atoms with Crippen LogP contribution in [0.4, 0.5) is 24.5 Å². The van der Waals surface area contributed by atoms with Crippen LogP contribution in [0.1, 0.15) is 10.4 Å². The van der Waals surface area contributed by atoms with Crippen molar-refractivity contribution in [3.05, 3.63) is 63.5 Å². The van der Waals surface area contributed by atoms with E-state index in [2.05, 4.69) is 0 Å². The quantitative estimate of drug-likeness (QED) is 0.531. The van der Waals surface area contributed by atoms with Crippen LogP contribution in [0.3, 0.4) is 0 Å². The number of nitrogens with zero attached hydrogens (tertiary/aromatic N) is 1. The Morgan fingerprint density at radius 1 is 1.17 bits per heavy atom. The van der Waals surface area contributed by atoms with E-state index < -0.39 is 45.2 Å². The normalized spacial score (nSPS) is 10.3. The lowest BCUT2D eigenvalue weighted by Crippen LogP contribution is -2.15. The maximum absolute atomic E-state index is 13.6. The molecule has 23 heavy (non-hydrogen) atoms. The van der Waals surface area contributed by atoms with Crippen LogP contribution in [0, 0.1) is 27.6 Å². The van der Waals surface area contributed by atoms with E-state index in [4.69, 9.17) is 4.74 Å². The molecule has 120 valence electrons. The number of ether oxygens (including phenoxy) is 1. The molecule has 0 aromatic heterocycles. The number of benzene rings is 2. The second-order valence-electron chi connectivity index (χ2n) is 4.32. The molecule has 0 aliphatic carbocycles. The van der Waals surface area contributed by atoms with Crippen LogP contribution < -0.4 is 10.1 Å². The Kier molecular flexibility index (Phi) is 4.49. The Bertz CT molecular complexity index is 796. The van der Waals surface area contributed by atoms with Gasteiger partial charge in [0.05, 0.1) is 17.7 Å². The van der Waals surface area contributed by atoms with Crippen molar-refractivity contribution in [1.29, 1.82) is 0 Å². The third-order valence-corrected chi connectivity index (χ3v) is 2.93. The fourth-order valence-corrected chi connectivity index (χ4v) is 1.80. The van der Waals surface area contributed by atoms with Crippen molar-refractivity contribution in [2.45, 2.75) is 0 Å². The van der Waals surface area contributed by atoms with Gasteiger partial charge in [-0.25, -0.2) is 13.2 Å². The highest BCUT2D eigenvalue weighted by Crippen LogP contribution is 2.26. The van der Waals surface area contributed by atoms with Gasteiger partial charge in [0.15, 0.2) is 17.5 Å². The van der Waals surface area contributed by atoms with Crippen molar-refractivity contribution >= 4 is 17.3 Å². The molecule has 0 saturated heterocycles. The van der Waals surface area contributed by atoms with E-state index >= 15 is 0 Å². The highest BCUT2D eigenvalue weighted by molar-refractivity contribution is 6.07. The minimum atomic E-state index is -1.76. The average Bonchev–Trinajstić information content (AvgIpc) is 2.54. The van der Waals surface area contributed by atoms with Gasteiger partial charge in [-0.3, -0.25) is 14.9 Å². The number of methoxy groups -OCH3 is 1. The standard InChI is InChI=1S/C14H9F3N2O4/c1-23-7-2-5-11(19(21)22)8(6-7)14(20)18-10-4-3-9(15)12(16)13(10)17/h2-6H,1H3,(H,18,20). The number of hydrogen-bond donors (Lipinski definition) is 1. The Labute approximate surface area is 127 Å². The number of rotatable bonds is 4. The van der Waals surface area contributed by atoms with Gasteiger partial charge in [0.1, 0.15) is 11.3 Å². The zero-order chi connectivity index (χ0) is 17.1. The lowest BCUT2D eigenvalue weighted by molar-refractivity contribution is -0.385. The molecule has 0 spiro atoms. The molecule has 1 N–H and O–H groups in total. The summed E-state index contributed by atoms with van der Waals surface area (Å²) in [5, 5.41) is 12.9. The summed E-state index contributed by atoms with van der Waals surface area (Å²) in [6.45, 7) is 0. The van der Waals surface area contributed by atoms with Crippen LogP contribution >= 0.6 is 0 Å². The number of hydrogen-bond acceptors (Lipinski definition) is 4. The predicted molar refractivity (Wildman–Crippen MR) is 73.9 cm³/mol. The number of anilines is 1. The number of carbonyl (C=O) groups is 1. The first-order valence-electron chi connectivity index (χ1n) is 6.12. The van der Waals surface area contributed by atoms with Gasteiger partial charge < -0.3 is 10.1 Å². The molecule has 0 atom stereocenters. The average molecular weight is 326 g/mol. The van der Waals surface area contributed by atoms with Gasteiger partial charge in [-0.1, -0.05) is 0 Å². The molecule has 0 radical (unpaired) electrons. The number of nitro groups is 1. The molecule has 0 unspecified atom stereocenters. The van der Waals surface area contributed by atoms with Crippen LogP contribution in [0.15, 0.2) is 30.3 Å². The van der Waals surface area contributed by atoms with Crippen molar-refractivity contribution in [2.24, 2.45) is 0 Å². The molecular formula is C14H9F3N2O4. The second-order valence-corrected chi connectivity index (χ2v) is 4.32. The zero-order valence-corrected chi connectivity index (χ0v) is 11.6. The summed E-state index contributed by atoms with van der Waals surface area (Å²) in [6, 6.07) is 4.80. The summed E-state index contributed by atoms with van der Waals surface area (Å²) in [6.07, 6.45) is 0. The van der Waals surface area contributed by atoms with Crippen LogP contribution in [-0.2, 0) is 0 Å². The molecule has 2 aromatic rings. The van der Waals surface area contributed by atoms with Gasteiger partial charge in [-0.05, 0) is 24.3 Å². The first kappa shape index (κ1) is 16.3. The smallest absolute Gasteiger partial charge is 0.282 e. The van der Waals surface area contributed by atoms with E-state index in [1.165, 1.54) is 13.2 Å². The molecule has 0 fully saturated rings. The Morgan fingerprint density at radius 3 is 2.48 bits per heavy atom. The highest BCUT2D eigenvalue weighted by Gasteiger charge is 2.23. The number of nitrogens with one attached hydrogen (secondary N) is 1. The second kappa shape index (κ2) is 6.34. The summed E-state index contributed by atoms with van der Waals surface area (Å²) < 4.78 is 44.4. The first-order valence-corrected chi connectivity index (χ1v) is 6.12. The molecule has 0 bridgehead atoms. The summed E-state index contributed by atoms with van der Waals surface area (Å²) in [5.41, 5.74) is -1.62. The Morgan fingerprint density at radius 2 is 1.87 bits per heavy atom. The summed E-state index contributed by atoms with van der Waals surface area (Å²) in [7, 11) is 1.29. The molecule has 0 aliphatic rings. The van der Waals surface area contributed by atoms with Crippen molar-refractivity contribution in [3.8, 4) is 5.75 Å². The van der Waals surface area contributed by atoms with E-state index in [-0.39, 0.29) is 5.75 Å². The number of halogens is 3. The van der Waals surface area contributed by atoms with Crippen LogP contribution in [0.25, 0.3) is 0 Å². The number of nitro benzene ring substituents is 1.